The summed E-state index contributed by atoms with van der Waals surface area (Å²) >= 11 is 0. The minimum atomic E-state index is -3.70. The topological polar surface area (TPSA) is 86.8 Å². The fourth-order valence-electron chi connectivity index (χ4n) is 4.36. The Hall–Kier alpha value is -2.71. The number of amides is 2. The minimum Gasteiger partial charge on any atom is -0.355 e. The van der Waals surface area contributed by atoms with E-state index in [0.717, 1.165) is 24.1 Å². The van der Waals surface area contributed by atoms with E-state index < -0.39 is 10.0 Å². The smallest absolute Gasteiger partial charge is 0.243 e. The van der Waals surface area contributed by atoms with Crippen molar-refractivity contribution in [2.24, 2.45) is 5.92 Å². The summed E-state index contributed by atoms with van der Waals surface area (Å²) in [6.07, 6.45) is 3.42. The number of nitrogens with zero attached hydrogens (tertiary/aromatic N) is 2. The third-order valence-corrected chi connectivity index (χ3v) is 8.05. The molecule has 170 valence electrons. The first-order chi connectivity index (χ1) is 15.4. The standard InChI is InChI=1S/C24H29N3O4S/c28-23-9-5-17-27(23)21-10-12-22(13-11-21)32(30,31)26-16-4-8-20(18-26)24(29)25-15-14-19-6-2-1-3-7-19/h1-3,6-7,10-13,20H,4-5,8-9,14-18H2,(H,25,29)/t20-/m1/s1. The van der Waals surface area contributed by atoms with Crippen molar-refractivity contribution in [2.45, 2.75) is 37.0 Å². The van der Waals surface area contributed by atoms with Crippen LogP contribution in [0.3, 0.4) is 0 Å². The van der Waals surface area contributed by atoms with Gasteiger partial charge in [-0.2, -0.15) is 4.31 Å². The lowest BCUT2D eigenvalue weighted by atomic mass is 9.99. The molecule has 0 saturated carbocycles. The van der Waals surface area contributed by atoms with Crippen LogP contribution in [0.15, 0.2) is 59.5 Å². The van der Waals surface area contributed by atoms with Gasteiger partial charge in [-0.25, -0.2) is 8.42 Å². The van der Waals surface area contributed by atoms with Crippen molar-refractivity contribution in [1.82, 2.24) is 9.62 Å². The van der Waals surface area contributed by atoms with Gasteiger partial charge < -0.3 is 10.2 Å². The monoisotopic (exact) mass is 455 g/mol. The summed E-state index contributed by atoms with van der Waals surface area (Å²) in [5, 5.41) is 2.96. The second kappa shape index (κ2) is 9.83. The molecule has 0 bridgehead atoms. The summed E-state index contributed by atoms with van der Waals surface area (Å²) < 4.78 is 27.7. The van der Waals surface area contributed by atoms with E-state index in [1.54, 1.807) is 29.2 Å². The number of hydrogen-bond acceptors (Lipinski definition) is 4. The van der Waals surface area contributed by atoms with E-state index in [4.69, 9.17) is 0 Å². The number of piperidine rings is 1. The molecule has 2 aromatic carbocycles. The molecular weight excluding hydrogens is 426 g/mol. The average molecular weight is 456 g/mol. The van der Waals surface area contributed by atoms with Crippen LogP contribution in [0.1, 0.15) is 31.2 Å². The maximum atomic E-state index is 13.2. The Bertz CT molecular complexity index is 1050. The fraction of sp³-hybridized carbons (Fsp3) is 0.417. The Balaban J connectivity index is 1.36. The van der Waals surface area contributed by atoms with E-state index >= 15 is 0 Å². The number of benzene rings is 2. The van der Waals surface area contributed by atoms with Gasteiger partial charge in [0.1, 0.15) is 0 Å². The summed E-state index contributed by atoms with van der Waals surface area (Å²) in [6.45, 7) is 1.79. The normalized spacial score (nSPS) is 19.8. The highest BCUT2D eigenvalue weighted by Crippen LogP contribution is 2.27. The Kier molecular flexibility index (Phi) is 6.91. The molecule has 2 saturated heterocycles. The van der Waals surface area contributed by atoms with Crippen LogP contribution in [-0.4, -0.2) is 50.7 Å². The van der Waals surface area contributed by atoms with E-state index in [1.165, 1.54) is 4.31 Å². The predicted molar refractivity (Wildman–Crippen MR) is 123 cm³/mol. The number of carbonyl (C=O) groups is 2. The number of nitrogens with one attached hydrogen (secondary N) is 1. The molecule has 2 aliphatic heterocycles. The molecule has 0 radical (unpaired) electrons. The van der Waals surface area contributed by atoms with Gasteiger partial charge in [-0.1, -0.05) is 30.3 Å². The van der Waals surface area contributed by atoms with Crippen LogP contribution in [-0.2, 0) is 26.0 Å². The SMILES string of the molecule is O=C(NCCc1ccccc1)[C@@H]1CCCN(S(=O)(=O)c2ccc(N3CCCC3=O)cc2)C1. The molecule has 0 spiro atoms. The number of anilines is 1. The molecule has 1 atom stereocenters. The Morgan fingerprint density at radius 3 is 2.44 bits per heavy atom. The molecule has 7 nitrogen and oxygen atoms in total. The Morgan fingerprint density at radius 1 is 1.00 bits per heavy atom. The van der Waals surface area contributed by atoms with E-state index in [1.807, 2.05) is 30.3 Å². The molecular formula is C24H29N3O4S. The first-order valence-corrected chi connectivity index (χ1v) is 12.6. The summed E-state index contributed by atoms with van der Waals surface area (Å²) in [5.74, 6) is -0.378. The van der Waals surface area contributed by atoms with Gasteiger partial charge in [-0.15, -0.1) is 0 Å². The maximum absolute atomic E-state index is 13.2. The third kappa shape index (κ3) is 5.02. The molecule has 2 heterocycles. The highest BCUT2D eigenvalue weighted by Gasteiger charge is 2.33. The van der Waals surface area contributed by atoms with E-state index in [2.05, 4.69) is 5.32 Å². The van der Waals surface area contributed by atoms with Crippen LogP contribution in [0, 0.1) is 5.92 Å². The highest BCUT2D eigenvalue weighted by atomic mass is 32.2. The zero-order valence-electron chi connectivity index (χ0n) is 18.1. The molecule has 2 aromatic rings. The van der Waals surface area contributed by atoms with Crippen molar-refractivity contribution < 1.29 is 18.0 Å². The number of carbonyl (C=O) groups excluding carboxylic acids is 2. The zero-order chi connectivity index (χ0) is 22.6. The van der Waals surface area contributed by atoms with Gasteiger partial charge in [0.15, 0.2) is 0 Å². The molecule has 2 aliphatic rings. The van der Waals surface area contributed by atoms with Gasteiger partial charge >= 0.3 is 0 Å². The largest absolute Gasteiger partial charge is 0.355 e. The minimum absolute atomic E-state index is 0.0674. The maximum Gasteiger partial charge on any atom is 0.243 e. The number of hydrogen-bond donors (Lipinski definition) is 1. The van der Waals surface area contributed by atoms with Gasteiger partial charge in [-0.3, -0.25) is 9.59 Å². The van der Waals surface area contributed by atoms with E-state index in [0.29, 0.717) is 38.9 Å². The van der Waals surface area contributed by atoms with Crippen molar-refractivity contribution in [3.8, 4) is 0 Å². The van der Waals surface area contributed by atoms with Crippen LogP contribution in [0.2, 0.25) is 0 Å². The lowest BCUT2D eigenvalue weighted by Gasteiger charge is -2.31. The molecule has 1 N–H and O–H groups in total. The molecule has 0 unspecified atom stereocenters. The number of sulfonamides is 1. The van der Waals surface area contributed by atoms with Crippen LogP contribution < -0.4 is 10.2 Å². The van der Waals surface area contributed by atoms with E-state index in [9.17, 15) is 18.0 Å². The van der Waals surface area contributed by atoms with Gasteiger partial charge in [0.2, 0.25) is 21.8 Å². The first-order valence-electron chi connectivity index (χ1n) is 11.2. The van der Waals surface area contributed by atoms with E-state index in [-0.39, 0.29) is 29.2 Å². The van der Waals surface area contributed by atoms with Crippen LogP contribution >= 0.6 is 0 Å². The second-order valence-electron chi connectivity index (χ2n) is 8.37. The summed E-state index contributed by atoms with van der Waals surface area (Å²) in [7, 11) is -3.70. The van der Waals surface area contributed by atoms with Gasteiger partial charge in [0.25, 0.3) is 0 Å². The van der Waals surface area contributed by atoms with Crippen molar-refractivity contribution in [3.63, 3.8) is 0 Å². The molecule has 32 heavy (non-hydrogen) atoms. The second-order valence-corrected chi connectivity index (χ2v) is 10.3. The molecule has 0 aliphatic carbocycles. The molecule has 2 amide bonds. The summed E-state index contributed by atoms with van der Waals surface area (Å²) in [5.41, 5.74) is 1.88. The summed E-state index contributed by atoms with van der Waals surface area (Å²) in [6, 6.07) is 16.4. The van der Waals surface area contributed by atoms with Crippen molar-refractivity contribution >= 4 is 27.5 Å². The Morgan fingerprint density at radius 2 is 1.75 bits per heavy atom. The highest BCUT2D eigenvalue weighted by molar-refractivity contribution is 7.89. The van der Waals surface area contributed by atoms with Crippen molar-refractivity contribution in [3.05, 3.63) is 60.2 Å². The predicted octanol–water partition coefficient (Wildman–Crippen LogP) is 2.57. The Labute approximate surface area is 189 Å². The lowest BCUT2D eigenvalue weighted by molar-refractivity contribution is -0.126. The average Bonchev–Trinajstić information content (AvgIpc) is 3.25. The molecule has 4 rings (SSSR count). The first kappa shape index (κ1) is 22.5. The molecule has 0 aromatic heterocycles. The van der Waals surface area contributed by atoms with Crippen LogP contribution in [0.5, 0.6) is 0 Å². The summed E-state index contributed by atoms with van der Waals surface area (Å²) in [4.78, 5) is 26.5. The van der Waals surface area contributed by atoms with Crippen LogP contribution in [0.4, 0.5) is 5.69 Å². The lowest BCUT2D eigenvalue weighted by Crippen LogP contribution is -2.45. The quantitative estimate of drug-likeness (QED) is 0.695. The van der Waals surface area contributed by atoms with Crippen molar-refractivity contribution in [2.75, 3.05) is 31.1 Å². The number of rotatable bonds is 7. The van der Waals surface area contributed by atoms with Crippen molar-refractivity contribution in [1.29, 1.82) is 0 Å². The van der Waals surface area contributed by atoms with Crippen LogP contribution in [0.25, 0.3) is 0 Å². The molecule has 8 heteroatoms. The third-order valence-electron chi connectivity index (χ3n) is 6.17. The zero-order valence-corrected chi connectivity index (χ0v) is 18.9. The molecule has 2 fully saturated rings. The fourth-order valence-corrected chi connectivity index (χ4v) is 5.89. The van der Waals surface area contributed by atoms with Gasteiger partial charge in [0.05, 0.1) is 10.8 Å². The van der Waals surface area contributed by atoms with Gasteiger partial charge in [-0.05, 0) is 55.5 Å². The van der Waals surface area contributed by atoms with Gasteiger partial charge in [0, 0.05) is 38.3 Å².